The highest BCUT2D eigenvalue weighted by Crippen LogP contribution is 2.32. The molecule has 0 unspecified atom stereocenters. The van der Waals surface area contributed by atoms with Crippen LogP contribution < -0.4 is 4.74 Å². The molecule has 0 aliphatic heterocycles. The molecule has 0 aliphatic rings. The van der Waals surface area contributed by atoms with Gasteiger partial charge in [-0.05, 0) is 24.3 Å². The Bertz CT molecular complexity index is 1040. The van der Waals surface area contributed by atoms with Crippen LogP contribution in [0.2, 0.25) is 5.02 Å². The number of nitrogens with zero attached hydrogens (tertiary/aromatic N) is 1. The standard InChI is InChI=1S/C16H8ClNO2S/c17-11-7-3-1-5-9(11)15-18-13-14(20-15)10-6-2-4-8-12(10)21-16(13)19/h1-8H. The van der Waals surface area contributed by atoms with Crippen molar-refractivity contribution in [2.24, 2.45) is 0 Å². The summed E-state index contributed by atoms with van der Waals surface area (Å²) in [5.74, 6) is 0.372. The van der Waals surface area contributed by atoms with Gasteiger partial charge in [0.1, 0.15) is 0 Å². The first kappa shape index (κ1) is 12.6. The van der Waals surface area contributed by atoms with E-state index in [4.69, 9.17) is 16.0 Å². The SMILES string of the molecule is O=c1sc2ccccc2c2oc(-c3ccccc3Cl)nc12. The van der Waals surface area contributed by atoms with Crippen LogP contribution in [0.3, 0.4) is 0 Å². The molecule has 0 spiro atoms. The van der Waals surface area contributed by atoms with E-state index in [0.29, 0.717) is 27.6 Å². The fraction of sp³-hybridized carbons (Fsp3) is 0. The lowest BCUT2D eigenvalue weighted by molar-refractivity contribution is 0.623. The minimum absolute atomic E-state index is 0.106. The van der Waals surface area contributed by atoms with Gasteiger partial charge in [0.15, 0.2) is 11.1 Å². The number of hydrogen-bond acceptors (Lipinski definition) is 4. The molecule has 0 atom stereocenters. The van der Waals surface area contributed by atoms with Crippen molar-refractivity contribution in [3.63, 3.8) is 0 Å². The summed E-state index contributed by atoms with van der Waals surface area (Å²) in [6, 6.07) is 14.9. The van der Waals surface area contributed by atoms with Crippen LogP contribution in [0.5, 0.6) is 0 Å². The molecule has 0 N–H and O–H groups in total. The van der Waals surface area contributed by atoms with Gasteiger partial charge in [-0.3, -0.25) is 4.79 Å². The molecule has 21 heavy (non-hydrogen) atoms. The summed E-state index contributed by atoms with van der Waals surface area (Å²) in [6.07, 6.45) is 0. The lowest BCUT2D eigenvalue weighted by atomic mass is 10.2. The first-order chi connectivity index (χ1) is 10.2. The molecule has 2 heterocycles. The Morgan fingerprint density at radius 1 is 1.05 bits per heavy atom. The van der Waals surface area contributed by atoms with Crippen molar-refractivity contribution >= 4 is 44.1 Å². The molecule has 0 radical (unpaired) electrons. The molecule has 2 aromatic heterocycles. The van der Waals surface area contributed by atoms with E-state index in [1.54, 1.807) is 6.07 Å². The number of hydrogen-bond donors (Lipinski definition) is 0. The second-order valence-electron chi connectivity index (χ2n) is 4.56. The predicted molar refractivity (Wildman–Crippen MR) is 86.1 cm³/mol. The number of aromatic nitrogens is 1. The van der Waals surface area contributed by atoms with Gasteiger partial charge in [0.05, 0.1) is 10.6 Å². The Morgan fingerprint density at radius 3 is 2.67 bits per heavy atom. The molecular weight excluding hydrogens is 306 g/mol. The largest absolute Gasteiger partial charge is 0.435 e. The first-order valence-electron chi connectivity index (χ1n) is 6.31. The van der Waals surface area contributed by atoms with Crippen LogP contribution in [0.1, 0.15) is 0 Å². The molecule has 0 saturated heterocycles. The van der Waals surface area contributed by atoms with E-state index < -0.39 is 0 Å². The van der Waals surface area contributed by atoms with E-state index in [-0.39, 0.29) is 4.74 Å². The molecule has 0 aliphatic carbocycles. The van der Waals surface area contributed by atoms with Crippen LogP contribution in [0.25, 0.3) is 32.6 Å². The van der Waals surface area contributed by atoms with E-state index in [1.807, 2.05) is 42.5 Å². The Hall–Kier alpha value is -2.17. The minimum Gasteiger partial charge on any atom is -0.435 e. The highest BCUT2D eigenvalue weighted by Gasteiger charge is 2.16. The Morgan fingerprint density at radius 2 is 1.81 bits per heavy atom. The van der Waals surface area contributed by atoms with Gasteiger partial charge in [-0.15, -0.1) is 0 Å². The van der Waals surface area contributed by atoms with Crippen molar-refractivity contribution in [3.8, 4) is 11.5 Å². The van der Waals surface area contributed by atoms with Crippen molar-refractivity contribution in [2.75, 3.05) is 0 Å². The maximum absolute atomic E-state index is 12.2. The smallest absolute Gasteiger partial charge is 0.262 e. The van der Waals surface area contributed by atoms with Gasteiger partial charge in [-0.2, -0.15) is 0 Å². The maximum atomic E-state index is 12.2. The third-order valence-electron chi connectivity index (χ3n) is 3.26. The first-order valence-corrected chi connectivity index (χ1v) is 7.51. The van der Waals surface area contributed by atoms with Crippen molar-refractivity contribution in [3.05, 3.63) is 63.1 Å². The van der Waals surface area contributed by atoms with Gasteiger partial charge in [-0.25, -0.2) is 4.98 Å². The van der Waals surface area contributed by atoms with E-state index in [9.17, 15) is 4.79 Å². The zero-order chi connectivity index (χ0) is 14.4. The summed E-state index contributed by atoms with van der Waals surface area (Å²) in [5.41, 5.74) is 1.56. The Labute approximate surface area is 128 Å². The molecule has 5 heteroatoms. The third kappa shape index (κ3) is 1.95. The van der Waals surface area contributed by atoms with Gasteiger partial charge in [-0.1, -0.05) is 47.2 Å². The highest BCUT2D eigenvalue weighted by atomic mass is 35.5. The molecule has 2 aromatic carbocycles. The van der Waals surface area contributed by atoms with Crippen molar-refractivity contribution in [2.45, 2.75) is 0 Å². The average molecular weight is 314 g/mol. The van der Waals surface area contributed by atoms with Gasteiger partial charge in [0.2, 0.25) is 5.89 Å². The summed E-state index contributed by atoms with van der Waals surface area (Å²) < 4.78 is 6.62. The quantitative estimate of drug-likeness (QED) is 0.510. The summed E-state index contributed by atoms with van der Waals surface area (Å²) in [7, 11) is 0. The lowest BCUT2D eigenvalue weighted by Gasteiger charge is -1.97. The fourth-order valence-electron chi connectivity index (χ4n) is 2.28. The average Bonchev–Trinajstić information content (AvgIpc) is 2.94. The second kappa shape index (κ2) is 4.69. The summed E-state index contributed by atoms with van der Waals surface area (Å²) in [6.45, 7) is 0. The zero-order valence-corrected chi connectivity index (χ0v) is 12.2. The van der Waals surface area contributed by atoms with Gasteiger partial charge in [0.25, 0.3) is 4.74 Å². The number of oxazole rings is 1. The van der Waals surface area contributed by atoms with Crippen LogP contribution in [0.4, 0.5) is 0 Å². The fourth-order valence-corrected chi connectivity index (χ4v) is 3.35. The number of fused-ring (bicyclic) bond motifs is 3. The predicted octanol–water partition coefficient (Wildman–Crippen LogP) is 4.72. The summed E-state index contributed by atoms with van der Waals surface area (Å²) >= 11 is 7.34. The van der Waals surface area contributed by atoms with Crippen LogP contribution in [0, 0.1) is 0 Å². The number of rotatable bonds is 1. The van der Waals surface area contributed by atoms with Crippen LogP contribution in [-0.2, 0) is 0 Å². The van der Waals surface area contributed by atoms with Gasteiger partial charge < -0.3 is 4.42 Å². The van der Waals surface area contributed by atoms with Crippen molar-refractivity contribution in [1.82, 2.24) is 4.98 Å². The van der Waals surface area contributed by atoms with E-state index in [2.05, 4.69) is 4.98 Å². The van der Waals surface area contributed by atoms with Crippen molar-refractivity contribution < 1.29 is 4.42 Å². The number of halogens is 1. The molecule has 0 amide bonds. The monoisotopic (exact) mass is 313 g/mol. The molecule has 102 valence electrons. The van der Waals surface area contributed by atoms with Crippen LogP contribution >= 0.6 is 22.9 Å². The second-order valence-corrected chi connectivity index (χ2v) is 5.98. The molecule has 0 bridgehead atoms. The molecule has 4 aromatic rings. The summed E-state index contributed by atoms with van der Waals surface area (Å²) in [4.78, 5) is 16.5. The molecule has 3 nitrogen and oxygen atoms in total. The third-order valence-corrected chi connectivity index (χ3v) is 4.54. The van der Waals surface area contributed by atoms with E-state index >= 15 is 0 Å². The number of benzene rings is 2. The Balaban J connectivity index is 2.11. The lowest BCUT2D eigenvalue weighted by Crippen LogP contribution is -1.94. The van der Waals surface area contributed by atoms with Crippen molar-refractivity contribution in [1.29, 1.82) is 0 Å². The van der Waals surface area contributed by atoms with Gasteiger partial charge >= 0.3 is 0 Å². The summed E-state index contributed by atoms with van der Waals surface area (Å²) in [5, 5.41) is 1.44. The molecule has 0 saturated carbocycles. The van der Waals surface area contributed by atoms with Crippen LogP contribution in [-0.4, -0.2) is 4.98 Å². The highest BCUT2D eigenvalue weighted by molar-refractivity contribution is 7.16. The molecule has 4 rings (SSSR count). The van der Waals surface area contributed by atoms with E-state index in [1.165, 1.54) is 11.3 Å². The van der Waals surface area contributed by atoms with E-state index in [0.717, 1.165) is 10.1 Å². The topological polar surface area (TPSA) is 43.1 Å². The molecular formula is C16H8ClNO2S. The Kier molecular flexibility index (Phi) is 2.80. The normalized spacial score (nSPS) is 11.3. The molecule has 0 fully saturated rings. The maximum Gasteiger partial charge on any atom is 0.262 e. The minimum atomic E-state index is -0.106. The zero-order valence-electron chi connectivity index (χ0n) is 10.7. The van der Waals surface area contributed by atoms with Crippen LogP contribution in [0.15, 0.2) is 57.7 Å². The van der Waals surface area contributed by atoms with Gasteiger partial charge in [0, 0.05) is 10.1 Å².